The zero-order chi connectivity index (χ0) is 12.8. The molecule has 0 bridgehead atoms. The van der Waals surface area contributed by atoms with Crippen molar-refractivity contribution in [2.24, 2.45) is 0 Å². The Labute approximate surface area is 109 Å². The Hall–Kier alpha value is -0.900. The third-order valence-corrected chi connectivity index (χ3v) is 3.18. The van der Waals surface area contributed by atoms with Gasteiger partial charge in [-0.25, -0.2) is 0 Å². The molecule has 0 radical (unpaired) electrons. The van der Waals surface area contributed by atoms with E-state index in [2.05, 4.69) is 19.1 Å². The monoisotopic (exact) mass is 250 g/mol. The SMILES string of the molecule is CCCC1(COCc2ccccc2)COC(C)O1. The fraction of sp³-hybridized carbons (Fsp3) is 0.600. The van der Waals surface area contributed by atoms with Gasteiger partial charge in [0.25, 0.3) is 0 Å². The van der Waals surface area contributed by atoms with Crippen molar-refractivity contribution >= 4 is 0 Å². The van der Waals surface area contributed by atoms with Crippen LogP contribution < -0.4 is 0 Å². The van der Waals surface area contributed by atoms with Crippen molar-refractivity contribution in [3.8, 4) is 0 Å². The van der Waals surface area contributed by atoms with Crippen LogP contribution in [-0.4, -0.2) is 25.1 Å². The molecule has 0 aromatic heterocycles. The highest BCUT2D eigenvalue weighted by atomic mass is 16.7. The molecule has 0 amide bonds. The Morgan fingerprint density at radius 3 is 2.72 bits per heavy atom. The van der Waals surface area contributed by atoms with Crippen LogP contribution in [0.4, 0.5) is 0 Å². The number of rotatable bonds is 6. The second-order valence-electron chi connectivity index (χ2n) is 4.91. The van der Waals surface area contributed by atoms with Crippen LogP contribution in [-0.2, 0) is 20.8 Å². The third kappa shape index (κ3) is 3.55. The zero-order valence-corrected chi connectivity index (χ0v) is 11.2. The van der Waals surface area contributed by atoms with Gasteiger partial charge in [-0.3, -0.25) is 0 Å². The molecule has 1 heterocycles. The molecule has 0 aliphatic carbocycles. The minimum Gasteiger partial charge on any atom is -0.374 e. The normalized spacial score (nSPS) is 27.6. The maximum Gasteiger partial charge on any atom is 0.155 e. The molecule has 1 aliphatic rings. The molecular formula is C15H22O3. The molecule has 0 N–H and O–H groups in total. The van der Waals surface area contributed by atoms with Crippen molar-refractivity contribution in [3.05, 3.63) is 35.9 Å². The van der Waals surface area contributed by atoms with Crippen LogP contribution in [0.3, 0.4) is 0 Å². The van der Waals surface area contributed by atoms with E-state index >= 15 is 0 Å². The Balaban J connectivity index is 1.83. The largest absolute Gasteiger partial charge is 0.374 e. The van der Waals surface area contributed by atoms with Gasteiger partial charge in [0.1, 0.15) is 5.60 Å². The van der Waals surface area contributed by atoms with Crippen molar-refractivity contribution < 1.29 is 14.2 Å². The summed E-state index contributed by atoms with van der Waals surface area (Å²) in [7, 11) is 0. The van der Waals surface area contributed by atoms with Crippen LogP contribution in [0.5, 0.6) is 0 Å². The minimum absolute atomic E-state index is 0.114. The van der Waals surface area contributed by atoms with Crippen LogP contribution in [0.15, 0.2) is 30.3 Å². The molecule has 3 heteroatoms. The summed E-state index contributed by atoms with van der Waals surface area (Å²) in [6, 6.07) is 10.2. The molecule has 3 nitrogen and oxygen atoms in total. The van der Waals surface area contributed by atoms with Gasteiger partial charge in [-0.05, 0) is 18.9 Å². The Kier molecular flexibility index (Phi) is 4.75. The molecule has 1 saturated heterocycles. The summed E-state index contributed by atoms with van der Waals surface area (Å²) in [5.74, 6) is 0. The predicted octanol–water partition coefficient (Wildman–Crippen LogP) is 3.13. The molecule has 1 aromatic carbocycles. The smallest absolute Gasteiger partial charge is 0.155 e. The van der Waals surface area contributed by atoms with E-state index in [4.69, 9.17) is 14.2 Å². The number of benzene rings is 1. The second kappa shape index (κ2) is 6.32. The molecule has 1 fully saturated rings. The van der Waals surface area contributed by atoms with E-state index in [-0.39, 0.29) is 11.9 Å². The van der Waals surface area contributed by atoms with Gasteiger partial charge in [0.05, 0.1) is 19.8 Å². The van der Waals surface area contributed by atoms with Gasteiger partial charge in [0, 0.05) is 0 Å². The number of hydrogen-bond acceptors (Lipinski definition) is 3. The average molecular weight is 250 g/mol. The van der Waals surface area contributed by atoms with Gasteiger partial charge < -0.3 is 14.2 Å². The lowest BCUT2D eigenvalue weighted by Gasteiger charge is -2.26. The number of ether oxygens (including phenoxy) is 3. The lowest BCUT2D eigenvalue weighted by molar-refractivity contribution is -0.110. The lowest BCUT2D eigenvalue weighted by Crippen LogP contribution is -2.37. The summed E-state index contributed by atoms with van der Waals surface area (Å²) >= 11 is 0. The van der Waals surface area contributed by atoms with Gasteiger partial charge in [0.2, 0.25) is 0 Å². The van der Waals surface area contributed by atoms with Gasteiger partial charge in [-0.15, -0.1) is 0 Å². The van der Waals surface area contributed by atoms with Gasteiger partial charge >= 0.3 is 0 Å². The molecule has 2 unspecified atom stereocenters. The van der Waals surface area contributed by atoms with Crippen molar-refractivity contribution in [2.75, 3.05) is 13.2 Å². The molecule has 0 saturated carbocycles. The van der Waals surface area contributed by atoms with E-state index in [1.807, 2.05) is 25.1 Å². The van der Waals surface area contributed by atoms with E-state index in [1.165, 1.54) is 5.56 Å². The second-order valence-corrected chi connectivity index (χ2v) is 4.91. The lowest BCUT2D eigenvalue weighted by atomic mass is 10.0. The van der Waals surface area contributed by atoms with Crippen LogP contribution in [0.2, 0.25) is 0 Å². The maximum atomic E-state index is 5.88. The van der Waals surface area contributed by atoms with Gasteiger partial charge in [0.15, 0.2) is 6.29 Å². The van der Waals surface area contributed by atoms with Crippen molar-refractivity contribution in [2.45, 2.75) is 45.2 Å². The molecule has 18 heavy (non-hydrogen) atoms. The fourth-order valence-corrected chi connectivity index (χ4v) is 2.35. The summed E-state index contributed by atoms with van der Waals surface area (Å²) in [6.07, 6.45) is 1.94. The summed E-state index contributed by atoms with van der Waals surface area (Å²) in [5, 5.41) is 0. The standard InChI is InChI=1S/C15H22O3/c1-3-9-15(12-17-13(2)18-15)11-16-10-14-7-5-4-6-8-14/h4-8,13H,3,9-12H2,1-2H3. The fourth-order valence-electron chi connectivity index (χ4n) is 2.35. The van der Waals surface area contributed by atoms with Crippen LogP contribution in [0, 0.1) is 0 Å². The topological polar surface area (TPSA) is 27.7 Å². The first kappa shape index (κ1) is 13.5. The zero-order valence-electron chi connectivity index (χ0n) is 11.2. The van der Waals surface area contributed by atoms with E-state index in [9.17, 15) is 0 Å². The molecule has 0 spiro atoms. The first-order valence-electron chi connectivity index (χ1n) is 6.65. The Morgan fingerprint density at radius 1 is 1.33 bits per heavy atom. The molecule has 2 rings (SSSR count). The van der Waals surface area contributed by atoms with Crippen molar-refractivity contribution in [3.63, 3.8) is 0 Å². The third-order valence-electron chi connectivity index (χ3n) is 3.18. The van der Waals surface area contributed by atoms with Gasteiger partial charge in [-0.1, -0.05) is 43.7 Å². The highest BCUT2D eigenvalue weighted by molar-refractivity contribution is 5.13. The van der Waals surface area contributed by atoms with E-state index in [0.717, 1.165) is 12.8 Å². The van der Waals surface area contributed by atoms with E-state index in [1.54, 1.807) is 0 Å². The summed E-state index contributed by atoms with van der Waals surface area (Å²) < 4.78 is 17.2. The Morgan fingerprint density at radius 2 is 2.11 bits per heavy atom. The Bertz CT molecular complexity index is 348. The molecular weight excluding hydrogens is 228 g/mol. The molecule has 1 aromatic rings. The van der Waals surface area contributed by atoms with Gasteiger partial charge in [-0.2, -0.15) is 0 Å². The van der Waals surface area contributed by atoms with Crippen molar-refractivity contribution in [1.29, 1.82) is 0 Å². The molecule has 100 valence electrons. The molecule has 1 aliphatic heterocycles. The van der Waals surface area contributed by atoms with E-state index < -0.39 is 0 Å². The summed E-state index contributed by atoms with van der Waals surface area (Å²) in [5.41, 5.74) is 0.944. The quantitative estimate of drug-likeness (QED) is 0.776. The highest BCUT2D eigenvalue weighted by Gasteiger charge is 2.39. The van der Waals surface area contributed by atoms with Crippen LogP contribution >= 0.6 is 0 Å². The van der Waals surface area contributed by atoms with Crippen LogP contribution in [0.25, 0.3) is 0 Å². The van der Waals surface area contributed by atoms with Crippen molar-refractivity contribution in [1.82, 2.24) is 0 Å². The highest BCUT2D eigenvalue weighted by Crippen LogP contribution is 2.28. The summed E-state index contributed by atoms with van der Waals surface area (Å²) in [4.78, 5) is 0. The average Bonchev–Trinajstić information content (AvgIpc) is 2.73. The summed E-state index contributed by atoms with van der Waals surface area (Å²) in [6.45, 7) is 5.96. The maximum absolute atomic E-state index is 5.88. The molecule has 2 atom stereocenters. The van der Waals surface area contributed by atoms with Crippen LogP contribution in [0.1, 0.15) is 32.3 Å². The van der Waals surface area contributed by atoms with E-state index in [0.29, 0.717) is 19.8 Å². The minimum atomic E-state index is -0.247. The predicted molar refractivity (Wildman–Crippen MR) is 70.2 cm³/mol. The first-order valence-corrected chi connectivity index (χ1v) is 6.65. The number of hydrogen-bond donors (Lipinski definition) is 0. The first-order chi connectivity index (χ1) is 8.74.